The highest BCUT2D eigenvalue weighted by Gasteiger charge is 2.29. The van der Waals surface area contributed by atoms with E-state index in [0.717, 1.165) is 44.6 Å². The van der Waals surface area contributed by atoms with Crippen molar-refractivity contribution in [3.63, 3.8) is 0 Å². The largest absolute Gasteiger partial charge is 0.376 e. The van der Waals surface area contributed by atoms with E-state index in [-0.39, 0.29) is 18.1 Å². The van der Waals surface area contributed by atoms with Crippen LogP contribution in [0.1, 0.15) is 47.4 Å². The van der Waals surface area contributed by atoms with Gasteiger partial charge in [0.1, 0.15) is 0 Å². The Morgan fingerprint density at radius 3 is 2.38 bits per heavy atom. The molecule has 0 aliphatic carbocycles. The number of ether oxygens (including phenoxy) is 2. The average molecular weight is 359 g/mol. The molecule has 7 nitrogen and oxygen atoms in total. The van der Waals surface area contributed by atoms with Crippen molar-refractivity contribution in [3.8, 4) is 0 Å². The second-order valence-electron chi connectivity index (χ2n) is 7.24. The monoisotopic (exact) mass is 359 g/mol. The lowest BCUT2D eigenvalue weighted by Gasteiger charge is -2.28. The Kier molecular flexibility index (Phi) is 4.91. The zero-order chi connectivity index (χ0) is 18.1. The Bertz CT molecular complexity index is 773. The molecule has 2 saturated heterocycles. The number of aryl methyl sites for hydroxylation is 2. The summed E-state index contributed by atoms with van der Waals surface area (Å²) in [5.41, 5.74) is 2.44. The zero-order valence-corrected chi connectivity index (χ0v) is 15.4. The van der Waals surface area contributed by atoms with Crippen LogP contribution in [0, 0.1) is 13.8 Å². The van der Waals surface area contributed by atoms with Gasteiger partial charge in [0.15, 0.2) is 0 Å². The lowest BCUT2D eigenvalue weighted by atomic mass is 10.1. The SMILES string of the molecule is Cc1cc(C(=O)N(CC2CCCO2)CC2CCCO2)c2c(C)noc2n1. The van der Waals surface area contributed by atoms with Crippen LogP contribution in [0.15, 0.2) is 10.6 Å². The van der Waals surface area contributed by atoms with Crippen molar-refractivity contribution >= 4 is 17.0 Å². The summed E-state index contributed by atoms with van der Waals surface area (Å²) in [4.78, 5) is 19.7. The summed E-state index contributed by atoms with van der Waals surface area (Å²) in [5.74, 6) is -0.0298. The first-order valence-electron chi connectivity index (χ1n) is 9.38. The number of aromatic nitrogens is 2. The summed E-state index contributed by atoms with van der Waals surface area (Å²) in [6.45, 7) is 6.42. The molecule has 0 aromatic carbocycles. The van der Waals surface area contributed by atoms with Gasteiger partial charge in [-0.25, -0.2) is 4.98 Å². The average Bonchev–Trinajstić information content (AvgIpc) is 3.36. The van der Waals surface area contributed by atoms with Crippen LogP contribution in [0.2, 0.25) is 0 Å². The number of carbonyl (C=O) groups excluding carboxylic acids is 1. The van der Waals surface area contributed by atoms with Crippen LogP contribution in [0.4, 0.5) is 0 Å². The second-order valence-corrected chi connectivity index (χ2v) is 7.24. The van der Waals surface area contributed by atoms with Gasteiger partial charge in [0.2, 0.25) is 0 Å². The Labute approximate surface area is 152 Å². The number of rotatable bonds is 5. The van der Waals surface area contributed by atoms with Crippen molar-refractivity contribution in [2.75, 3.05) is 26.3 Å². The van der Waals surface area contributed by atoms with Crippen LogP contribution in [0.5, 0.6) is 0 Å². The van der Waals surface area contributed by atoms with Crippen LogP contribution in [-0.2, 0) is 9.47 Å². The predicted octanol–water partition coefficient (Wildman–Crippen LogP) is 2.64. The molecule has 4 heterocycles. The minimum atomic E-state index is -0.0298. The van der Waals surface area contributed by atoms with Crippen LogP contribution >= 0.6 is 0 Å². The van der Waals surface area contributed by atoms with Crippen molar-refractivity contribution in [3.05, 3.63) is 23.0 Å². The van der Waals surface area contributed by atoms with Crippen molar-refractivity contribution in [2.45, 2.75) is 51.7 Å². The van der Waals surface area contributed by atoms with Gasteiger partial charge in [0.05, 0.1) is 28.9 Å². The highest BCUT2D eigenvalue weighted by molar-refractivity contribution is 6.06. The standard InChI is InChI=1S/C19H25N3O4/c1-12-9-16(17-13(2)21-26-18(17)20-12)19(23)22(10-14-5-3-7-24-14)11-15-6-4-8-25-15/h9,14-15H,3-8,10-11H2,1-2H3. The van der Waals surface area contributed by atoms with E-state index < -0.39 is 0 Å². The van der Waals surface area contributed by atoms with Crippen LogP contribution in [0.3, 0.4) is 0 Å². The van der Waals surface area contributed by atoms with Gasteiger partial charge < -0.3 is 18.9 Å². The second kappa shape index (κ2) is 7.32. The van der Waals surface area contributed by atoms with Crippen molar-refractivity contribution in [1.82, 2.24) is 15.0 Å². The molecular weight excluding hydrogens is 334 g/mol. The molecule has 2 fully saturated rings. The molecule has 0 radical (unpaired) electrons. The molecule has 26 heavy (non-hydrogen) atoms. The molecule has 0 spiro atoms. The maximum absolute atomic E-state index is 13.5. The summed E-state index contributed by atoms with van der Waals surface area (Å²) in [6, 6.07) is 1.83. The van der Waals surface area contributed by atoms with Gasteiger partial charge in [-0.15, -0.1) is 0 Å². The van der Waals surface area contributed by atoms with E-state index in [9.17, 15) is 4.79 Å². The van der Waals surface area contributed by atoms with Gasteiger partial charge in [0.25, 0.3) is 11.6 Å². The van der Waals surface area contributed by atoms with Crippen LogP contribution < -0.4 is 0 Å². The normalized spacial score (nSPS) is 23.0. The molecule has 2 aromatic rings. The van der Waals surface area contributed by atoms with E-state index in [0.29, 0.717) is 35.4 Å². The molecule has 1 amide bonds. The number of hydrogen-bond donors (Lipinski definition) is 0. The molecule has 0 saturated carbocycles. The van der Waals surface area contributed by atoms with E-state index in [1.807, 2.05) is 24.8 Å². The van der Waals surface area contributed by atoms with E-state index in [4.69, 9.17) is 14.0 Å². The maximum atomic E-state index is 13.5. The van der Waals surface area contributed by atoms with Gasteiger partial charge >= 0.3 is 0 Å². The Hall–Kier alpha value is -1.99. The summed E-state index contributed by atoms with van der Waals surface area (Å²) in [5, 5.41) is 4.69. The fourth-order valence-electron chi connectivity index (χ4n) is 3.87. The Balaban J connectivity index is 1.65. The third-order valence-corrected chi connectivity index (χ3v) is 5.16. The molecule has 2 unspecified atom stereocenters. The first kappa shape index (κ1) is 17.4. The molecule has 2 aromatic heterocycles. The lowest BCUT2D eigenvalue weighted by Crippen LogP contribution is -2.42. The fourth-order valence-corrected chi connectivity index (χ4v) is 3.87. The molecule has 7 heteroatoms. The number of hydrogen-bond acceptors (Lipinski definition) is 6. The van der Waals surface area contributed by atoms with E-state index in [1.165, 1.54) is 0 Å². The number of amides is 1. The summed E-state index contributed by atoms with van der Waals surface area (Å²) < 4.78 is 16.8. The maximum Gasteiger partial charge on any atom is 0.258 e. The third kappa shape index (κ3) is 3.46. The lowest BCUT2D eigenvalue weighted by molar-refractivity contribution is 0.0308. The number of fused-ring (bicyclic) bond motifs is 1. The van der Waals surface area contributed by atoms with Gasteiger partial charge in [-0.05, 0) is 45.6 Å². The fraction of sp³-hybridized carbons (Fsp3) is 0.632. The van der Waals surface area contributed by atoms with Crippen molar-refractivity contribution < 1.29 is 18.8 Å². The van der Waals surface area contributed by atoms with E-state index >= 15 is 0 Å². The zero-order valence-electron chi connectivity index (χ0n) is 15.4. The summed E-state index contributed by atoms with van der Waals surface area (Å²) in [7, 11) is 0. The van der Waals surface area contributed by atoms with Gasteiger partial charge in [-0.3, -0.25) is 4.79 Å². The predicted molar refractivity (Wildman–Crippen MR) is 95.1 cm³/mol. The highest BCUT2D eigenvalue weighted by atomic mass is 16.5. The van der Waals surface area contributed by atoms with Crippen LogP contribution in [0.25, 0.3) is 11.1 Å². The molecule has 2 aliphatic heterocycles. The van der Waals surface area contributed by atoms with E-state index in [1.54, 1.807) is 0 Å². The third-order valence-electron chi connectivity index (χ3n) is 5.16. The molecule has 4 rings (SSSR count). The quantitative estimate of drug-likeness (QED) is 0.817. The molecule has 0 bridgehead atoms. The highest BCUT2D eigenvalue weighted by Crippen LogP contribution is 2.25. The minimum absolute atomic E-state index is 0.0298. The molecule has 140 valence electrons. The molecule has 2 atom stereocenters. The molecule has 0 N–H and O–H groups in total. The molecular formula is C19H25N3O4. The number of carbonyl (C=O) groups is 1. The van der Waals surface area contributed by atoms with Crippen molar-refractivity contribution in [1.29, 1.82) is 0 Å². The summed E-state index contributed by atoms with van der Waals surface area (Å²) >= 11 is 0. The summed E-state index contributed by atoms with van der Waals surface area (Å²) in [6.07, 6.45) is 4.29. The first-order valence-corrected chi connectivity index (χ1v) is 9.38. The van der Waals surface area contributed by atoms with Gasteiger partial charge in [-0.1, -0.05) is 5.16 Å². The Morgan fingerprint density at radius 2 is 1.81 bits per heavy atom. The van der Waals surface area contributed by atoms with Gasteiger partial charge in [0, 0.05) is 32.0 Å². The first-order chi connectivity index (χ1) is 12.6. The van der Waals surface area contributed by atoms with Gasteiger partial charge in [-0.2, -0.15) is 0 Å². The minimum Gasteiger partial charge on any atom is -0.376 e. The topological polar surface area (TPSA) is 77.7 Å². The smallest absolute Gasteiger partial charge is 0.258 e. The number of nitrogens with zero attached hydrogens (tertiary/aromatic N) is 3. The Morgan fingerprint density at radius 1 is 1.15 bits per heavy atom. The molecule has 2 aliphatic rings. The number of pyridine rings is 1. The van der Waals surface area contributed by atoms with Crippen molar-refractivity contribution in [2.24, 2.45) is 0 Å². The van der Waals surface area contributed by atoms with E-state index in [2.05, 4.69) is 10.1 Å². The van der Waals surface area contributed by atoms with Crippen LogP contribution in [-0.4, -0.2) is 59.5 Å².